The third kappa shape index (κ3) is 6.88. The van der Waals surface area contributed by atoms with Gasteiger partial charge in [-0.05, 0) is 24.1 Å². The van der Waals surface area contributed by atoms with E-state index in [-0.39, 0.29) is 17.8 Å². The first-order chi connectivity index (χ1) is 17.7. The Morgan fingerprint density at radius 3 is 2.41 bits per heavy atom. The minimum Gasteiger partial charge on any atom is -0.383 e. The highest BCUT2D eigenvalue weighted by molar-refractivity contribution is 5.92. The molecule has 9 nitrogen and oxygen atoms in total. The number of ether oxygens (including phenoxy) is 1. The predicted molar refractivity (Wildman–Crippen MR) is 131 cm³/mol. The molecule has 3 aromatic heterocycles. The van der Waals surface area contributed by atoms with Crippen LogP contribution in [0.2, 0.25) is 0 Å². The largest absolute Gasteiger partial charge is 0.418 e. The van der Waals surface area contributed by atoms with E-state index in [0.717, 1.165) is 22.9 Å². The number of benzene rings is 1. The van der Waals surface area contributed by atoms with Crippen LogP contribution < -0.4 is 10.6 Å². The Bertz CT molecular complexity index is 1350. The molecule has 192 valence electrons. The van der Waals surface area contributed by atoms with E-state index in [9.17, 15) is 18.0 Å². The zero-order chi connectivity index (χ0) is 26.4. The van der Waals surface area contributed by atoms with Gasteiger partial charge in [0.25, 0.3) is 0 Å². The van der Waals surface area contributed by atoms with Crippen LogP contribution in [0.4, 0.5) is 30.5 Å². The van der Waals surface area contributed by atoms with Crippen LogP contribution in [0.15, 0.2) is 61.3 Å². The number of nitrogens with zero attached hydrogens (tertiary/aromatic N) is 5. The van der Waals surface area contributed by atoms with Crippen molar-refractivity contribution in [2.45, 2.75) is 26.1 Å². The Balaban J connectivity index is 1.34. The molecule has 4 aromatic rings. The lowest BCUT2D eigenvalue weighted by atomic mass is 10.0. The molecule has 0 radical (unpaired) electrons. The monoisotopic (exact) mass is 511 g/mol. The van der Waals surface area contributed by atoms with Gasteiger partial charge in [0.05, 0.1) is 48.9 Å². The maximum absolute atomic E-state index is 13.1. The van der Waals surface area contributed by atoms with Crippen molar-refractivity contribution in [3.63, 3.8) is 0 Å². The molecule has 3 heterocycles. The molecule has 0 aliphatic heterocycles. The van der Waals surface area contributed by atoms with Gasteiger partial charge in [0, 0.05) is 37.0 Å². The highest BCUT2D eigenvalue weighted by Gasteiger charge is 2.33. The van der Waals surface area contributed by atoms with E-state index in [0.29, 0.717) is 24.7 Å². The molecular weight excluding hydrogens is 487 g/mol. The van der Waals surface area contributed by atoms with E-state index in [4.69, 9.17) is 4.74 Å². The topological polar surface area (TPSA) is 107 Å². The van der Waals surface area contributed by atoms with Gasteiger partial charge in [-0.2, -0.15) is 18.3 Å². The summed E-state index contributed by atoms with van der Waals surface area (Å²) in [4.78, 5) is 24.8. The quantitative estimate of drug-likeness (QED) is 0.337. The summed E-state index contributed by atoms with van der Waals surface area (Å²) in [6.45, 7) is 2.46. The summed E-state index contributed by atoms with van der Waals surface area (Å²) in [7, 11) is 1.63. The van der Waals surface area contributed by atoms with Crippen molar-refractivity contribution in [1.29, 1.82) is 0 Å². The highest BCUT2D eigenvalue weighted by Crippen LogP contribution is 2.32. The Morgan fingerprint density at radius 1 is 1.00 bits per heavy atom. The molecule has 0 atom stereocenters. The Labute approximate surface area is 210 Å². The number of carbonyl (C=O) groups is 1. The highest BCUT2D eigenvalue weighted by atomic mass is 19.4. The number of alkyl halides is 3. The summed E-state index contributed by atoms with van der Waals surface area (Å²) >= 11 is 0. The second-order valence-corrected chi connectivity index (χ2v) is 8.18. The number of methoxy groups -OCH3 is 1. The number of anilines is 3. The molecule has 0 spiro atoms. The third-order valence-electron chi connectivity index (χ3n) is 5.39. The van der Waals surface area contributed by atoms with Gasteiger partial charge >= 0.3 is 6.18 Å². The van der Waals surface area contributed by atoms with Crippen molar-refractivity contribution in [2.24, 2.45) is 0 Å². The number of halogens is 3. The molecule has 0 saturated carbocycles. The molecule has 0 aliphatic carbocycles. The number of hydrogen-bond donors (Lipinski definition) is 2. The van der Waals surface area contributed by atoms with Crippen molar-refractivity contribution >= 4 is 23.2 Å². The molecule has 1 amide bonds. The molecule has 0 saturated heterocycles. The third-order valence-corrected chi connectivity index (χ3v) is 5.39. The minimum atomic E-state index is -4.54. The zero-order valence-electron chi connectivity index (χ0n) is 20.1. The number of amides is 1. The maximum Gasteiger partial charge on any atom is 0.418 e. The molecule has 0 fully saturated rings. The fourth-order valence-corrected chi connectivity index (χ4v) is 3.50. The number of aryl methyl sites for hydroxylation is 1. The van der Waals surface area contributed by atoms with Crippen molar-refractivity contribution < 1.29 is 22.7 Å². The minimum absolute atomic E-state index is 0.00674. The molecule has 0 aliphatic rings. The van der Waals surface area contributed by atoms with Gasteiger partial charge < -0.3 is 15.4 Å². The van der Waals surface area contributed by atoms with Crippen molar-refractivity contribution in [2.75, 3.05) is 24.4 Å². The van der Waals surface area contributed by atoms with E-state index in [1.165, 1.54) is 13.1 Å². The van der Waals surface area contributed by atoms with Crippen LogP contribution in [0, 0.1) is 6.92 Å². The van der Waals surface area contributed by atoms with E-state index >= 15 is 0 Å². The Morgan fingerprint density at radius 2 is 1.73 bits per heavy atom. The zero-order valence-corrected chi connectivity index (χ0v) is 20.1. The van der Waals surface area contributed by atoms with Gasteiger partial charge in [-0.1, -0.05) is 24.3 Å². The average Bonchev–Trinajstić information content (AvgIpc) is 3.31. The van der Waals surface area contributed by atoms with Crippen LogP contribution in [-0.2, 0) is 28.7 Å². The fourth-order valence-electron chi connectivity index (χ4n) is 3.50. The van der Waals surface area contributed by atoms with Crippen molar-refractivity contribution in [1.82, 2.24) is 24.7 Å². The first kappa shape index (κ1) is 25.8. The van der Waals surface area contributed by atoms with Crippen LogP contribution in [-0.4, -0.2) is 44.4 Å². The number of pyridine rings is 1. The van der Waals surface area contributed by atoms with E-state index < -0.39 is 17.6 Å². The summed E-state index contributed by atoms with van der Waals surface area (Å²) in [6.07, 6.45) is 3.51. The Kier molecular flexibility index (Phi) is 7.77. The number of carbonyl (C=O) groups excluding carboxylic acids is 1. The number of nitrogens with one attached hydrogen (secondary N) is 2. The molecule has 12 heteroatoms. The number of aromatic nitrogens is 5. The lowest BCUT2D eigenvalue weighted by Gasteiger charge is -2.12. The van der Waals surface area contributed by atoms with Gasteiger partial charge in [0.2, 0.25) is 11.9 Å². The second-order valence-electron chi connectivity index (χ2n) is 8.18. The fraction of sp³-hybridized carbons (Fsp3) is 0.240. The normalized spacial score (nSPS) is 11.4. The lowest BCUT2D eigenvalue weighted by Crippen LogP contribution is -2.16. The average molecular weight is 512 g/mol. The molecular formula is C25H24F3N7O2. The van der Waals surface area contributed by atoms with Crippen LogP contribution in [0.25, 0.3) is 11.1 Å². The molecule has 4 rings (SSSR count). The predicted octanol–water partition coefficient (Wildman–Crippen LogP) is 4.63. The van der Waals surface area contributed by atoms with Gasteiger partial charge in [-0.15, -0.1) is 0 Å². The van der Waals surface area contributed by atoms with Crippen LogP contribution >= 0.6 is 0 Å². The van der Waals surface area contributed by atoms with Gasteiger partial charge in [-0.3, -0.25) is 14.5 Å². The van der Waals surface area contributed by atoms with Crippen LogP contribution in [0.5, 0.6) is 0 Å². The maximum atomic E-state index is 13.1. The first-order valence-electron chi connectivity index (χ1n) is 11.2. The van der Waals surface area contributed by atoms with Crippen LogP contribution in [0.3, 0.4) is 0 Å². The first-order valence-corrected chi connectivity index (χ1v) is 11.2. The van der Waals surface area contributed by atoms with Gasteiger partial charge in [0.1, 0.15) is 0 Å². The molecule has 2 N–H and O–H groups in total. The SMILES string of the molecule is COCCn1cc(Nc2ncc(-c3ccc(CC(=O)Nc4cnc(C)c(C(F)(F)F)c4)cc3)cn2)cn1. The van der Waals surface area contributed by atoms with E-state index in [1.807, 2.05) is 18.3 Å². The Hall–Kier alpha value is -4.32. The molecule has 37 heavy (non-hydrogen) atoms. The smallest absolute Gasteiger partial charge is 0.383 e. The molecule has 0 unspecified atom stereocenters. The van der Waals surface area contributed by atoms with E-state index in [1.54, 1.807) is 42.5 Å². The van der Waals surface area contributed by atoms with E-state index in [2.05, 4.69) is 30.7 Å². The van der Waals surface area contributed by atoms with Crippen molar-refractivity contribution in [3.8, 4) is 11.1 Å². The van der Waals surface area contributed by atoms with Gasteiger partial charge in [-0.25, -0.2) is 9.97 Å². The number of hydrogen-bond acceptors (Lipinski definition) is 7. The summed E-state index contributed by atoms with van der Waals surface area (Å²) in [5, 5.41) is 9.79. The van der Waals surface area contributed by atoms with Crippen molar-refractivity contribution in [3.05, 3.63) is 78.1 Å². The second kappa shape index (κ2) is 11.2. The summed E-state index contributed by atoms with van der Waals surface area (Å²) in [5.41, 5.74) is 2.04. The molecule has 1 aromatic carbocycles. The summed E-state index contributed by atoms with van der Waals surface area (Å²) in [6, 6.07) is 8.07. The number of rotatable bonds is 9. The lowest BCUT2D eigenvalue weighted by molar-refractivity contribution is -0.138. The standard InChI is InChI=1S/C25H24F3N7O2/c1-16-22(25(26,27)28)10-20(13-29-16)33-23(36)9-17-3-5-18(6-4-17)19-11-30-24(31-12-19)34-21-14-32-35(15-21)7-8-37-2/h3-6,10-15H,7-9H2,1-2H3,(H,33,36)(H,30,31,34). The molecule has 0 bridgehead atoms. The summed E-state index contributed by atoms with van der Waals surface area (Å²) < 4.78 is 46.0. The summed E-state index contributed by atoms with van der Waals surface area (Å²) in [5.74, 6) is -0.0292. The van der Waals surface area contributed by atoms with Gasteiger partial charge in [0.15, 0.2) is 0 Å². The van der Waals surface area contributed by atoms with Crippen LogP contribution in [0.1, 0.15) is 16.8 Å².